The van der Waals surface area contributed by atoms with Crippen LogP contribution in [-0.2, 0) is 14.3 Å². The number of nitrogens with one attached hydrogen (secondary N) is 1. The van der Waals surface area contributed by atoms with Crippen molar-refractivity contribution in [3.05, 3.63) is 70.0 Å². The molecule has 2 aliphatic rings. The summed E-state index contributed by atoms with van der Waals surface area (Å²) in [6, 6.07) is 9.85. The molecule has 2 saturated heterocycles. The number of carbonyl (C=O) groups excluding carboxylic acids is 2. The fourth-order valence-corrected chi connectivity index (χ4v) is 4.43. The van der Waals surface area contributed by atoms with Crippen LogP contribution in [0.2, 0.25) is 0 Å². The van der Waals surface area contributed by atoms with E-state index in [1.54, 1.807) is 17.0 Å². The van der Waals surface area contributed by atoms with Crippen molar-refractivity contribution in [3.8, 4) is 0 Å². The first kappa shape index (κ1) is 21.7. The van der Waals surface area contributed by atoms with Crippen LogP contribution in [-0.4, -0.2) is 61.0 Å². The third-order valence-electron chi connectivity index (χ3n) is 5.79. The maximum Gasteiger partial charge on any atom is 0.295 e. The molecule has 2 fully saturated rings. The Kier molecular flexibility index (Phi) is 6.80. The van der Waals surface area contributed by atoms with Crippen molar-refractivity contribution >= 4 is 33.4 Å². The number of ether oxygens (including phenoxy) is 1. The van der Waals surface area contributed by atoms with Gasteiger partial charge in [-0.25, -0.2) is 0 Å². The zero-order chi connectivity index (χ0) is 21.8. The van der Waals surface area contributed by atoms with E-state index in [4.69, 9.17) is 4.74 Å². The van der Waals surface area contributed by atoms with Gasteiger partial charge in [-0.1, -0.05) is 33.8 Å². The number of amides is 1. The number of aromatic nitrogens is 1. The molecule has 3 heterocycles. The van der Waals surface area contributed by atoms with Crippen molar-refractivity contribution in [2.75, 3.05) is 39.4 Å². The first-order valence-corrected chi connectivity index (χ1v) is 11.2. The Hall–Kier alpha value is -2.55. The molecule has 1 aromatic carbocycles. The van der Waals surface area contributed by atoms with Crippen LogP contribution < -0.4 is 10.0 Å². The van der Waals surface area contributed by atoms with Gasteiger partial charge in [0.1, 0.15) is 13.1 Å². The normalized spacial score (nSPS) is 21.6. The molecule has 1 N–H and O–H groups in total. The quantitative estimate of drug-likeness (QED) is 0.363. The molecule has 31 heavy (non-hydrogen) atoms. The highest BCUT2D eigenvalue weighted by Gasteiger charge is 2.44. The number of likely N-dealkylation sites (tertiary alicyclic amines) is 1. The third kappa shape index (κ3) is 4.71. The Morgan fingerprint density at radius 2 is 1.81 bits per heavy atom. The number of rotatable bonds is 6. The van der Waals surface area contributed by atoms with E-state index in [0.717, 1.165) is 49.3 Å². The number of morpholine rings is 1. The summed E-state index contributed by atoms with van der Waals surface area (Å²) < 4.78 is 6.28. The smallest absolute Gasteiger partial charge is 0.295 e. The lowest BCUT2D eigenvalue weighted by Crippen LogP contribution is -3.14. The van der Waals surface area contributed by atoms with E-state index in [0.29, 0.717) is 12.1 Å². The molecule has 1 unspecified atom stereocenters. The van der Waals surface area contributed by atoms with Gasteiger partial charge in [-0.05, 0) is 35.4 Å². The molecule has 8 heteroatoms. The van der Waals surface area contributed by atoms with Gasteiger partial charge >= 0.3 is 0 Å². The molecule has 1 amide bonds. The minimum atomic E-state index is -0.714. The predicted molar refractivity (Wildman–Crippen MR) is 116 cm³/mol. The van der Waals surface area contributed by atoms with E-state index in [2.05, 4.69) is 20.9 Å². The molecular weight excluding hydrogens is 462 g/mol. The summed E-state index contributed by atoms with van der Waals surface area (Å²) >= 11 is 3.42. The van der Waals surface area contributed by atoms with Crippen molar-refractivity contribution in [2.45, 2.75) is 12.5 Å². The van der Waals surface area contributed by atoms with Crippen molar-refractivity contribution in [2.24, 2.45) is 0 Å². The van der Waals surface area contributed by atoms with Crippen LogP contribution in [0, 0.1) is 0 Å². The second-order valence-electron chi connectivity index (χ2n) is 7.73. The summed E-state index contributed by atoms with van der Waals surface area (Å²) in [4.78, 5) is 32.8. The van der Waals surface area contributed by atoms with Crippen molar-refractivity contribution in [1.29, 1.82) is 0 Å². The Morgan fingerprint density at radius 3 is 2.48 bits per heavy atom. The number of Topliss-reactive ketones (excluding diaryl/α,β-unsaturated/α-hetero) is 1. The van der Waals surface area contributed by atoms with Crippen LogP contribution in [0.3, 0.4) is 0 Å². The minimum absolute atomic E-state index is 0.0113. The highest BCUT2D eigenvalue weighted by atomic mass is 79.9. The van der Waals surface area contributed by atoms with Gasteiger partial charge in [-0.3, -0.25) is 14.6 Å². The van der Waals surface area contributed by atoms with E-state index >= 15 is 0 Å². The number of hydrogen-bond acceptors (Lipinski definition) is 5. The molecule has 1 aromatic heterocycles. The molecule has 2 aliphatic heterocycles. The van der Waals surface area contributed by atoms with E-state index in [-0.39, 0.29) is 5.57 Å². The Bertz CT molecular complexity index is 972. The minimum Gasteiger partial charge on any atom is -0.872 e. The van der Waals surface area contributed by atoms with Gasteiger partial charge in [-0.15, -0.1) is 0 Å². The van der Waals surface area contributed by atoms with Crippen molar-refractivity contribution in [3.63, 3.8) is 0 Å². The summed E-state index contributed by atoms with van der Waals surface area (Å²) in [5, 5.41) is 13.2. The average molecular weight is 486 g/mol. The van der Waals surface area contributed by atoms with Crippen molar-refractivity contribution < 1.29 is 24.3 Å². The maximum atomic E-state index is 13.2. The Labute approximate surface area is 189 Å². The summed E-state index contributed by atoms with van der Waals surface area (Å²) in [6.45, 7) is 4.69. The summed E-state index contributed by atoms with van der Waals surface area (Å²) in [5.74, 6) is -1.74. The number of ketones is 1. The number of benzene rings is 1. The largest absolute Gasteiger partial charge is 0.872 e. The van der Waals surface area contributed by atoms with Crippen LogP contribution in [0.1, 0.15) is 23.6 Å². The molecular formula is C23H24BrN3O4. The first-order chi connectivity index (χ1) is 15.1. The molecule has 4 rings (SSSR count). The van der Waals surface area contributed by atoms with Crippen LogP contribution >= 0.6 is 15.9 Å². The summed E-state index contributed by atoms with van der Waals surface area (Å²) in [7, 11) is 0. The zero-order valence-electron chi connectivity index (χ0n) is 17.1. The number of hydrogen-bond donors (Lipinski definition) is 1. The van der Waals surface area contributed by atoms with E-state index in [1.165, 1.54) is 17.3 Å². The van der Waals surface area contributed by atoms with E-state index in [9.17, 15) is 14.7 Å². The second kappa shape index (κ2) is 9.72. The number of carbonyl (C=O) groups is 2. The molecule has 0 saturated carbocycles. The molecule has 162 valence electrons. The first-order valence-electron chi connectivity index (χ1n) is 10.4. The second-order valence-corrected chi connectivity index (χ2v) is 8.64. The monoisotopic (exact) mass is 485 g/mol. The maximum absolute atomic E-state index is 13.2. The fraction of sp³-hybridized carbons (Fsp3) is 0.348. The highest BCUT2D eigenvalue weighted by Crippen LogP contribution is 2.38. The lowest BCUT2D eigenvalue weighted by atomic mass is 9.95. The molecule has 7 nitrogen and oxygen atoms in total. The SMILES string of the molecule is O=C1C(=O)N(CCC[NH+]2CCOCC2)C(c2ccc(Br)cc2)C1=C([O-])c1ccncc1. The van der Waals surface area contributed by atoms with Gasteiger partial charge in [0.05, 0.1) is 25.8 Å². The molecule has 2 aromatic rings. The van der Waals surface area contributed by atoms with Crippen LogP contribution in [0.25, 0.3) is 5.76 Å². The lowest BCUT2D eigenvalue weighted by molar-refractivity contribution is -0.908. The molecule has 0 spiro atoms. The molecule has 0 bridgehead atoms. The van der Waals surface area contributed by atoms with Gasteiger partial charge in [0.25, 0.3) is 5.91 Å². The molecule has 0 aliphatic carbocycles. The van der Waals surface area contributed by atoms with Gasteiger partial charge in [0.15, 0.2) is 0 Å². The molecule has 1 atom stereocenters. The summed E-state index contributed by atoms with van der Waals surface area (Å²) in [5.41, 5.74) is 1.11. The van der Waals surface area contributed by atoms with Crippen LogP contribution in [0.4, 0.5) is 0 Å². The third-order valence-corrected chi connectivity index (χ3v) is 6.32. The van der Waals surface area contributed by atoms with E-state index < -0.39 is 23.5 Å². The van der Waals surface area contributed by atoms with E-state index in [1.807, 2.05) is 24.3 Å². The Balaban J connectivity index is 1.65. The highest BCUT2D eigenvalue weighted by molar-refractivity contribution is 9.10. The van der Waals surface area contributed by atoms with Crippen LogP contribution in [0.15, 0.2) is 58.8 Å². The van der Waals surface area contributed by atoms with Crippen LogP contribution in [0.5, 0.6) is 0 Å². The number of pyridine rings is 1. The van der Waals surface area contributed by atoms with Gasteiger partial charge in [0.2, 0.25) is 5.78 Å². The topological polar surface area (TPSA) is 87.0 Å². The van der Waals surface area contributed by atoms with Gasteiger partial charge < -0.3 is 19.6 Å². The molecule has 0 radical (unpaired) electrons. The summed E-state index contributed by atoms with van der Waals surface area (Å²) in [6.07, 6.45) is 3.76. The van der Waals surface area contributed by atoms with Crippen molar-refractivity contribution in [1.82, 2.24) is 9.88 Å². The number of nitrogens with zero attached hydrogens (tertiary/aromatic N) is 2. The standard InChI is InChI=1S/C23H24BrN3O4/c24-18-4-2-16(3-5-18)20-19(21(28)17-6-8-25-9-7-17)22(29)23(30)27(20)11-1-10-26-12-14-31-15-13-26/h2-9,20,28H,1,10-15H2. The van der Waals surface area contributed by atoms with Gasteiger partial charge in [-0.2, -0.15) is 0 Å². The fourth-order valence-electron chi connectivity index (χ4n) is 4.16. The number of halogens is 1. The lowest BCUT2D eigenvalue weighted by Gasteiger charge is -2.29. The van der Waals surface area contributed by atoms with Gasteiger partial charge in [0, 0.05) is 35.4 Å². The predicted octanol–water partition coefficient (Wildman–Crippen LogP) is 0.373. The average Bonchev–Trinajstić information content (AvgIpc) is 3.05. The Morgan fingerprint density at radius 1 is 1.13 bits per heavy atom. The number of quaternary nitrogens is 1. The zero-order valence-corrected chi connectivity index (χ0v) is 18.6.